The molecule has 0 fully saturated rings. The van der Waals surface area contributed by atoms with Crippen LogP contribution >= 0.6 is 11.6 Å². The van der Waals surface area contributed by atoms with Crippen LogP contribution in [0.25, 0.3) is 11.4 Å². The molecule has 1 unspecified atom stereocenters. The summed E-state index contributed by atoms with van der Waals surface area (Å²) in [5.41, 5.74) is 0.799. The van der Waals surface area contributed by atoms with Crippen LogP contribution in [0.15, 0.2) is 24.3 Å². The second-order valence-electron chi connectivity index (χ2n) is 5.40. The standard InChI is InChI=1S/C16H23ClN6O2/c1-3-14(16(24)19-9-8-18-10-11-25-2)23-21-15(20-22-23)12-4-6-13(17)7-5-12/h4-7,14,18H,3,8-11H2,1-2H3,(H,19,24). The van der Waals surface area contributed by atoms with Crippen LogP contribution in [0, 0.1) is 0 Å². The van der Waals surface area contributed by atoms with E-state index in [0.29, 0.717) is 37.0 Å². The maximum Gasteiger partial charge on any atom is 0.246 e. The minimum atomic E-state index is -0.493. The number of halogens is 1. The fraction of sp³-hybridized carbons (Fsp3) is 0.500. The maximum atomic E-state index is 12.3. The summed E-state index contributed by atoms with van der Waals surface area (Å²) in [6.45, 7) is 4.50. The van der Waals surface area contributed by atoms with E-state index in [-0.39, 0.29) is 5.91 Å². The van der Waals surface area contributed by atoms with Crippen molar-refractivity contribution in [2.24, 2.45) is 0 Å². The molecule has 0 bridgehead atoms. The van der Waals surface area contributed by atoms with Crippen LogP contribution in [-0.4, -0.2) is 59.5 Å². The highest BCUT2D eigenvalue weighted by molar-refractivity contribution is 6.30. The van der Waals surface area contributed by atoms with Crippen molar-refractivity contribution in [2.45, 2.75) is 19.4 Å². The number of benzene rings is 1. The molecule has 2 aromatic rings. The lowest BCUT2D eigenvalue weighted by molar-refractivity contribution is -0.125. The summed E-state index contributed by atoms with van der Waals surface area (Å²) < 4.78 is 4.94. The molecule has 0 aliphatic carbocycles. The van der Waals surface area contributed by atoms with Crippen molar-refractivity contribution in [1.82, 2.24) is 30.8 Å². The number of methoxy groups -OCH3 is 1. The summed E-state index contributed by atoms with van der Waals surface area (Å²) in [6, 6.07) is 6.66. The fourth-order valence-corrected chi connectivity index (χ4v) is 2.34. The lowest BCUT2D eigenvalue weighted by Crippen LogP contribution is -2.38. The third-order valence-electron chi connectivity index (χ3n) is 3.58. The Labute approximate surface area is 151 Å². The third-order valence-corrected chi connectivity index (χ3v) is 3.83. The van der Waals surface area contributed by atoms with E-state index in [9.17, 15) is 4.79 Å². The monoisotopic (exact) mass is 366 g/mol. The number of hydrogen-bond acceptors (Lipinski definition) is 6. The lowest BCUT2D eigenvalue weighted by Gasteiger charge is -2.13. The normalized spacial score (nSPS) is 12.1. The number of rotatable bonds is 10. The van der Waals surface area contributed by atoms with Gasteiger partial charge in [0.1, 0.15) is 0 Å². The largest absolute Gasteiger partial charge is 0.383 e. The van der Waals surface area contributed by atoms with Gasteiger partial charge in [0.2, 0.25) is 11.7 Å². The van der Waals surface area contributed by atoms with Gasteiger partial charge in [-0.3, -0.25) is 4.79 Å². The van der Waals surface area contributed by atoms with E-state index in [4.69, 9.17) is 16.3 Å². The Hall–Kier alpha value is -2.03. The smallest absolute Gasteiger partial charge is 0.246 e. The molecule has 1 amide bonds. The van der Waals surface area contributed by atoms with Gasteiger partial charge in [-0.2, -0.15) is 4.80 Å². The van der Waals surface area contributed by atoms with Gasteiger partial charge < -0.3 is 15.4 Å². The molecule has 9 heteroatoms. The lowest BCUT2D eigenvalue weighted by atomic mass is 10.2. The van der Waals surface area contributed by atoms with Gasteiger partial charge in [-0.15, -0.1) is 10.2 Å². The predicted molar refractivity (Wildman–Crippen MR) is 95.3 cm³/mol. The van der Waals surface area contributed by atoms with Gasteiger partial charge in [0.25, 0.3) is 0 Å². The number of amides is 1. The molecular formula is C16H23ClN6O2. The molecule has 2 rings (SSSR count). The molecule has 1 atom stereocenters. The number of aromatic nitrogens is 4. The minimum Gasteiger partial charge on any atom is -0.383 e. The molecule has 136 valence electrons. The maximum absolute atomic E-state index is 12.3. The Bertz CT molecular complexity index is 661. The molecule has 25 heavy (non-hydrogen) atoms. The average Bonchev–Trinajstić information content (AvgIpc) is 3.09. The van der Waals surface area contributed by atoms with Crippen molar-refractivity contribution in [2.75, 3.05) is 33.4 Å². The van der Waals surface area contributed by atoms with Gasteiger partial charge >= 0.3 is 0 Å². The molecule has 8 nitrogen and oxygen atoms in total. The molecule has 2 N–H and O–H groups in total. The van der Waals surface area contributed by atoms with E-state index in [1.807, 2.05) is 19.1 Å². The van der Waals surface area contributed by atoms with E-state index in [1.165, 1.54) is 4.80 Å². The van der Waals surface area contributed by atoms with Gasteiger partial charge in [0.05, 0.1) is 6.61 Å². The topological polar surface area (TPSA) is 94.0 Å². The van der Waals surface area contributed by atoms with Crippen molar-refractivity contribution in [1.29, 1.82) is 0 Å². The number of nitrogens with zero attached hydrogens (tertiary/aromatic N) is 4. The summed E-state index contributed by atoms with van der Waals surface area (Å²) in [5.74, 6) is 0.334. The van der Waals surface area contributed by atoms with Gasteiger partial charge in [-0.25, -0.2) is 0 Å². The highest BCUT2D eigenvalue weighted by Crippen LogP contribution is 2.18. The van der Waals surface area contributed by atoms with E-state index in [0.717, 1.165) is 12.1 Å². The van der Waals surface area contributed by atoms with Crippen LogP contribution < -0.4 is 10.6 Å². The molecule has 0 saturated heterocycles. The third kappa shape index (κ3) is 5.77. The van der Waals surface area contributed by atoms with Gasteiger partial charge in [-0.05, 0) is 35.9 Å². The zero-order chi connectivity index (χ0) is 18.1. The molecule has 1 aromatic carbocycles. The van der Waals surface area contributed by atoms with Crippen LogP contribution in [0.3, 0.4) is 0 Å². The van der Waals surface area contributed by atoms with Gasteiger partial charge in [0.15, 0.2) is 6.04 Å². The number of tetrazole rings is 1. The summed E-state index contributed by atoms with van der Waals surface area (Å²) in [4.78, 5) is 13.7. The van der Waals surface area contributed by atoms with Crippen LogP contribution in [0.1, 0.15) is 19.4 Å². The average molecular weight is 367 g/mol. The summed E-state index contributed by atoms with van der Waals surface area (Å²) in [7, 11) is 1.65. The van der Waals surface area contributed by atoms with Crippen molar-refractivity contribution in [3.8, 4) is 11.4 Å². The van der Waals surface area contributed by atoms with Crippen LogP contribution in [0.2, 0.25) is 5.02 Å². The number of carbonyl (C=O) groups excluding carboxylic acids is 1. The predicted octanol–water partition coefficient (Wildman–Crippen LogP) is 1.30. The molecule has 0 spiro atoms. The number of nitrogens with one attached hydrogen (secondary N) is 2. The Balaban J connectivity index is 1.91. The zero-order valence-electron chi connectivity index (χ0n) is 14.4. The number of ether oxygens (including phenoxy) is 1. The Morgan fingerprint density at radius 3 is 2.72 bits per heavy atom. The first-order chi connectivity index (χ1) is 12.2. The molecular weight excluding hydrogens is 344 g/mol. The van der Waals surface area contributed by atoms with Crippen LogP contribution in [-0.2, 0) is 9.53 Å². The molecule has 1 heterocycles. The minimum absolute atomic E-state index is 0.129. The second-order valence-corrected chi connectivity index (χ2v) is 5.83. The summed E-state index contributed by atoms with van der Waals surface area (Å²) in [6.07, 6.45) is 0.569. The zero-order valence-corrected chi connectivity index (χ0v) is 15.2. The Kier molecular flexibility index (Phi) is 7.77. The number of carbonyl (C=O) groups is 1. The molecule has 0 aliphatic heterocycles. The Morgan fingerprint density at radius 2 is 2.04 bits per heavy atom. The molecule has 0 saturated carbocycles. The van der Waals surface area contributed by atoms with Crippen molar-refractivity contribution < 1.29 is 9.53 Å². The van der Waals surface area contributed by atoms with Gasteiger partial charge in [0, 0.05) is 37.3 Å². The summed E-state index contributed by atoms with van der Waals surface area (Å²) >= 11 is 5.88. The SMILES string of the molecule is CCC(C(=O)NCCNCCOC)n1nnc(-c2ccc(Cl)cc2)n1. The van der Waals surface area contributed by atoms with Crippen molar-refractivity contribution >= 4 is 17.5 Å². The van der Waals surface area contributed by atoms with Crippen molar-refractivity contribution in [3.05, 3.63) is 29.3 Å². The van der Waals surface area contributed by atoms with E-state index >= 15 is 0 Å². The second kappa shape index (κ2) is 10.1. The summed E-state index contributed by atoms with van der Waals surface area (Å²) in [5, 5.41) is 19.1. The van der Waals surface area contributed by atoms with Crippen LogP contribution in [0.4, 0.5) is 0 Å². The first-order valence-corrected chi connectivity index (χ1v) is 8.56. The van der Waals surface area contributed by atoms with Crippen LogP contribution in [0.5, 0.6) is 0 Å². The first-order valence-electron chi connectivity index (χ1n) is 8.18. The molecule has 1 aromatic heterocycles. The highest BCUT2D eigenvalue weighted by Gasteiger charge is 2.21. The number of hydrogen-bond donors (Lipinski definition) is 2. The van der Waals surface area contributed by atoms with E-state index in [1.54, 1.807) is 19.2 Å². The van der Waals surface area contributed by atoms with E-state index in [2.05, 4.69) is 26.0 Å². The van der Waals surface area contributed by atoms with Gasteiger partial charge in [-0.1, -0.05) is 18.5 Å². The molecule has 0 radical (unpaired) electrons. The fourth-order valence-electron chi connectivity index (χ4n) is 2.22. The first kappa shape index (κ1) is 19.3. The van der Waals surface area contributed by atoms with Crippen molar-refractivity contribution in [3.63, 3.8) is 0 Å². The Morgan fingerprint density at radius 1 is 1.28 bits per heavy atom. The molecule has 0 aliphatic rings. The van der Waals surface area contributed by atoms with E-state index < -0.39 is 6.04 Å². The quantitative estimate of drug-likeness (QED) is 0.615. The highest BCUT2D eigenvalue weighted by atomic mass is 35.5.